The zero-order valence-corrected chi connectivity index (χ0v) is 10.8. The topological polar surface area (TPSA) is 99.2 Å². The molecular weight excluding hydrogens is 244 g/mol. The Morgan fingerprint density at radius 2 is 2.24 bits per heavy atom. The van der Waals surface area contributed by atoms with Gasteiger partial charge in [0.1, 0.15) is 0 Å². The third-order valence-electron chi connectivity index (χ3n) is 2.23. The summed E-state index contributed by atoms with van der Waals surface area (Å²) < 4.78 is 32.5. The highest BCUT2D eigenvalue weighted by Crippen LogP contribution is 2.14. The molecule has 1 aromatic rings. The van der Waals surface area contributed by atoms with Gasteiger partial charge in [0, 0.05) is 27.3 Å². The van der Waals surface area contributed by atoms with Crippen LogP contribution in [0, 0.1) is 0 Å². The lowest BCUT2D eigenvalue weighted by molar-refractivity contribution is 0.193. The quantitative estimate of drug-likeness (QED) is 0.658. The van der Waals surface area contributed by atoms with E-state index in [1.807, 2.05) is 0 Å². The Morgan fingerprint density at radius 1 is 1.53 bits per heavy atom. The molecule has 17 heavy (non-hydrogen) atoms. The summed E-state index contributed by atoms with van der Waals surface area (Å²) in [4.78, 5) is 3.74. The highest BCUT2D eigenvalue weighted by molar-refractivity contribution is 7.89. The van der Waals surface area contributed by atoms with Gasteiger partial charge >= 0.3 is 0 Å². The molecule has 0 bridgehead atoms. The average molecular weight is 262 g/mol. The minimum atomic E-state index is -3.58. The summed E-state index contributed by atoms with van der Waals surface area (Å²) in [5.74, 6) is 0.0110. The van der Waals surface area contributed by atoms with Crippen LogP contribution >= 0.6 is 0 Å². The summed E-state index contributed by atoms with van der Waals surface area (Å²) in [5, 5.41) is 0.00393. The second-order valence-corrected chi connectivity index (χ2v) is 5.33. The van der Waals surface area contributed by atoms with E-state index >= 15 is 0 Å². The van der Waals surface area contributed by atoms with Gasteiger partial charge in [0.25, 0.3) is 10.0 Å². The number of sulfonamides is 1. The van der Waals surface area contributed by atoms with E-state index in [2.05, 4.69) is 9.71 Å². The summed E-state index contributed by atoms with van der Waals surface area (Å²) in [6.45, 7) is 0.978. The normalized spacial score (nSPS) is 11.9. The number of nitrogen functional groups attached to an aromatic ring is 1. The fourth-order valence-corrected chi connectivity index (χ4v) is 2.71. The minimum Gasteiger partial charge on any atom is -0.385 e. The van der Waals surface area contributed by atoms with E-state index in [4.69, 9.17) is 10.5 Å². The number of ether oxygens (including phenoxy) is 1. The molecule has 0 aliphatic heterocycles. The number of nitrogens with two attached hydrogens (primary N) is 1. The number of hydrogen-bond acceptors (Lipinski definition) is 5. The molecule has 0 amide bonds. The summed E-state index contributed by atoms with van der Waals surface area (Å²) in [6.07, 6.45) is 2.89. The first-order valence-corrected chi connectivity index (χ1v) is 6.72. The van der Waals surface area contributed by atoms with Crippen LogP contribution in [0.25, 0.3) is 0 Å². The largest absolute Gasteiger partial charge is 0.385 e. The molecule has 0 aliphatic carbocycles. The van der Waals surface area contributed by atoms with Crippen molar-refractivity contribution in [3.05, 3.63) is 6.33 Å². The van der Waals surface area contributed by atoms with Crippen molar-refractivity contribution in [2.24, 2.45) is 7.05 Å². The summed E-state index contributed by atoms with van der Waals surface area (Å²) in [6, 6.07) is 0. The number of methoxy groups -OCH3 is 1. The van der Waals surface area contributed by atoms with Gasteiger partial charge in [-0.1, -0.05) is 0 Å². The Labute approximate surface area is 101 Å². The fraction of sp³-hybridized carbons (Fsp3) is 0.667. The molecule has 3 N–H and O–H groups in total. The van der Waals surface area contributed by atoms with Crippen molar-refractivity contribution in [2.75, 3.05) is 26.0 Å². The fourth-order valence-electron chi connectivity index (χ4n) is 1.41. The zero-order chi connectivity index (χ0) is 12.9. The van der Waals surface area contributed by atoms with Crippen molar-refractivity contribution in [1.82, 2.24) is 14.3 Å². The van der Waals surface area contributed by atoms with Crippen molar-refractivity contribution in [2.45, 2.75) is 17.9 Å². The van der Waals surface area contributed by atoms with Crippen LogP contribution in [0.2, 0.25) is 0 Å². The Bertz CT molecular complexity index is 435. The predicted molar refractivity (Wildman–Crippen MR) is 63.9 cm³/mol. The van der Waals surface area contributed by atoms with Crippen molar-refractivity contribution < 1.29 is 13.2 Å². The molecule has 0 aromatic carbocycles. The zero-order valence-electron chi connectivity index (χ0n) is 10.0. The van der Waals surface area contributed by atoms with E-state index in [0.717, 1.165) is 6.42 Å². The Kier molecular flexibility index (Phi) is 4.91. The Hall–Kier alpha value is -1.12. The minimum absolute atomic E-state index is 0.00393. The highest BCUT2D eigenvalue weighted by atomic mass is 32.2. The van der Waals surface area contributed by atoms with Crippen LogP contribution in [0.5, 0.6) is 0 Å². The first-order valence-electron chi connectivity index (χ1n) is 5.24. The molecule has 0 aliphatic rings. The first kappa shape index (κ1) is 13.9. The van der Waals surface area contributed by atoms with Gasteiger partial charge in [0.15, 0.2) is 10.8 Å². The number of imidazole rings is 1. The van der Waals surface area contributed by atoms with Gasteiger partial charge in [-0.05, 0) is 12.8 Å². The standard InChI is InChI=1S/C9H18N4O3S/c1-13-7-11-8(10)9(13)17(14,15)12-5-3-4-6-16-2/h7,12H,3-6,10H2,1-2H3. The van der Waals surface area contributed by atoms with Gasteiger partial charge in [0.05, 0.1) is 6.33 Å². The average Bonchev–Trinajstić information content (AvgIpc) is 2.58. The third-order valence-corrected chi connectivity index (χ3v) is 3.82. The van der Waals surface area contributed by atoms with Crippen LogP contribution < -0.4 is 10.5 Å². The molecule has 1 heterocycles. The van der Waals surface area contributed by atoms with Crippen LogP contribution in [0.4, 0.5) is 5.82 Å². The van der Waals surface area contributed by atoms with Crippen molar-refractivity contribution >= 4 is 15.8 Å². The lowest BCUT2D eigenvalue weighted by Crippen LogP contribution is -2.27. The molecule has 1 aromatic heterocycles. The van der Waals surface area contributed by atoms with E-state index in [-0.39, 0.29) is 10.8 Å². The molecule has 0 saturated carbocycles. The van der Waals surface area contributed by atoms with Crippen LogP contribution in [-0.2, 0) is 21.8 Å². The van der Waals surface area contributed by atoms with Crippen molar-refractivity contribution in [3.8, 4) is 0 Å². The Balaban J connectivity index is 2.58. The Morgan fingerprint density at radius 3 is 2.76 bits per heavy atom. The van der Waals surface area contributed by atoms with Crippen LogP contribution in [0.15, 0.2) is 11.4 Å². The second kappa shape index (κ2) is 5.99. The molecule has 0 unspecified atom stereocenters. The molecule has 0 atom stereocenters. The van der Waals surface area contributed by atoms with E-state index in [1.54, 1.807) is 14.2 Å². The predicted octanol–water partition coefficient (Wildman–Crippen LogP) is -0.293. The van der Waals surface area contributed by atoms with Gasteiger partial charge in [0.2, 0.25) is 0 Å². The summed E-state index contributed by atoms with van der Waals surface area (Å²) in [7, 11) is -0.383. The first-order chi connectivity index (χ1) is 7.99. The maximum Gasteiger partial charge on any atom is 0.260 e. The smallest absolute Gasteiger partial charge is 0.260 e. The van der Waals surface area contributed by atoms with Gasteiger partial charge < -0.3 is 15.0 Å². The number of rotatable bonds is 7. The number of aryl methyl sites for hydroxylation is 1. The SMILES string of the molecule is COCCCCNS(=O)(=O)c1c(N)ncn1C. The highest BCUT2D eigenvalue weighted by Gasteiger charge is 2.21. The number of nitrogens with zero attached hydrogens (tertiary/aromatic N) is 2. The summed E-state index contributed by atoms with van der Waals surface area (Å²) in [5.41, 5.74) is 5.51. The lowest BCUT2D eigenvalue weighted by atomic mass is 10.3. The number of hydrogen-bond donors (Lipinski definition) is 2. The van der Waals surface area contributed by atoms with Gasteiger partial charge in [-0.25, -0.2) is 18.1 Å². The molecule has 1 rings (SSSR count). The molecule has 0 radical (unpaired) electrons. The van der Waals surface area contributed by atoms with Gasteiger partial charge in [-0.2, -0.15) is 0 Å². The monoisotopic (exact) mass is 262 g/mol. The van der Waals surface area contributed by atoms with Crippen LogP contribution in [0.3, 0.4) is 0 Å². The van der Waals surface area contributed by atoms with E-state index in [0.29, 0.717) is 19.6 Å². The molecular formula is C9H18N4O3S. The number of unbranched alkanes of at least 4 members (excludes halogenated alkanes) is 1. The molecule has 7 nitrogen and oxygen atoms in total. The molecule has 8 heteroatoms. The summed E-state index contributed by atoms with van der Waals surface area (Å²) >= 11 is 0. The second-order valence-electron chi connectivity index (χ2n) is 3.64. The molecule has 0 spiro atoms. The number of nitrogens with one attached hydrogen (secondary N) is 1. The van der Waals surface area contributed by atoms with Gasteiger partial charge in [-0.15, -0.1) is 0 Å². The van der Waals surface area contributed by atoms with E-state index < -0.39 is 10.0 Å². The molecule has 98 valence electrons. The third kappa shape index (κ3) is 3.69. The number of aromatic nitrogens is 2. The van der Waals surface area contributed by atoms with E-state index in [1.165, 1.54) is 10.9 Å². The molecule has 0 fully saturated rings. The van der Waals surface area contributed by atoms with Crippen molar-refractivity contribution in [1.29, 1.82) is 0 Å². The van der Waals surface area contributed by atoms with Crippen molar-refractivity contribution in [3.63, 3.8) is 0 Å². The molecule has 0 saturated heterocycles. The lowest BCUT2D eigenvalue weighted by Gasteiger charge is -2.07. The van der Waals surface area contributed by atoms with Crippen LogP contribution in [-0.4, -0.2) is 38.2 Å². The van der Waals surface area contributed by atoms with Crippen LogP contribution in [0.1, 0.15) is 12.8 Å². The maximum atomic E-state index is 11.9. The van der Waals surface area contributed by atoms with E-state index in [9.17, 15) is 8.42 Å². The maximum absolute atomic E-state index is 11.9. The number of anilines is 1. The van der Waals surface area contributed by atoms with Gasteiger partial charge in [-0.3, -0.25) is 0 Å².